The van der Waals surface area contributed by atoms with Crippen molar-refractivity contribution >= 4 is 5.97 Å². The van der Waals surface area contributed by atoms with Gasteiger partial charge < -0.3 is 4.74 Å². The van der Waals surface area contributed by atoms with Crippen LogP contribution in [-0.2, 0) is 9.53 Å². The normalized spacial score (nSPS) is 20.2. The molecule has 0 bridgehead atoms. The SMILES string of the molecule is CCCCCCCCCN1CCCC1C(=O)OC. The van der Waals surface area contributed by atoms with Gasteiger partial charge in [-0.05, 0) is 32.4 Å². The van der Waals surface area contributed by atoms with E-state index >= 15 is 0 Å². The minimum Gasteiger partial charge on any atom is -0.468 e. The van der Waals surface area contributed by atoms with Crippen LogP contribution in [0.25, 0.3) is 0 Å². The summed E-state index contributed by atoms with van der Waals surface area (Å²) in [5.74, 6) is -0.0459. The van der Waals surface area contributed by atoms with Crippen LogP contribution >= 0.6 is 0 Å². The van der Waals surface area contributed by atoms with E-state index in [-0.39, 0.29) is 12.0 Å². The molecule has 1 rings (SSSR count). The van der Waals surface area contributed by atoms with Gasteiger partial charge in [0.05, 0.1) is 7.11 Å². The van der Waals surface area contributed by atoms with E-state index < -0.39 is 0 Å². The van der Waals surface area contributed by atoms with E-state index in [1.807, 2.05) is 0 Å². The zero-order valence-corrected chi connectivity index (χ0v) is 12.1. The second-order valence-electron chi connectivity index (χ2n) is 5.34. The first-order chi connectivity index (χ1) is 8.79. The van der Waals surface area contributed by atoms with Gasteiger partial charge >= 0.3 is 5.97 Å². The first-order valence-corrected chi connectivity index (χ1v) is 7.61. The van der Waals surface area contributed by atoms with Crippen LogP contribution in [0.5, 0.6) is 0 Å². The van der Waals surface area contributed by atoms with E-state index in [1.54, 1.807) is 0 Å². The number of rotatable bonds is 9. The molecule has 18 heavy (non-hydrogen) atoms. The van der Waals surface area contributed by atoms with Gasteiger partial charge in [0.2, 0.25) is 0 Å². The summed E-state index contributed by atoms with van der Waals surface area (Å²) in [5.41, 5.74) is 0. The van der Waals surface area contributed by atoms with E-state index in [2.05, 4.69) is 11.8 Å². The maximum atomic E-state index is 11.6. The number of methoxy groups -OCH3 is 1. The first-order valence-electron chi connectivity index (χ1n) is 7.61. The van der Waals surface area contributed by atoms with Crippen molar-refractivity contribution in [3.63, 3.8) is 0 Å². The fraction of sp³-hybridized carbons (Fsp3) is 0.933. The summed E-state index contributed by atoms with van der Waals surface area (Å²) < 4.78 is 4.86. The fourth-order valence-electron chi connectivity index (χ4n) is 2.77. The van der Waals surface area contributed by atoms with E-state index in [0.717, 1.165) is 25.9 Å². The minimum absolute atomic E-state index is 0.0371. The van der Waals surface area contributed by atoms with Gasteiger partial charge in [0.25, 0.3) is 0 Å². The molecule has 1 unspecified atom stereocenters. The van der Waals surface area contributed by atoms with Gasteiger partial charge in [0.15, 0.2) is 0 Å². The lowest BCUT2D eigenvalue weighted by molar-refractivity contribution is -0.145. The number of carbonyl (C=O) groups is 1. The van der Waals surface area contributed by atoms with E-state index in [0.29, 0.717) is 0 Å². The Morgan fingerprint density at radius 1 is 1.17 bits per heavy atom. The van der Waals surface area contributed by atoms with Crippen LogP contribution in [0.3, 0.4) is 0 Å². The molecule has 1 heterocycles. The summed E-state index contributed by atoms with van der Waals surface area (Å²) in [6.07, 6.45) is 11.4. The summed E-state index contributed by atoms with van der Waals surface area (Å²) in [7, 11) is 1.49. The highest BCUT2D eigenvalue weighted by Gasteiger charge is 2.30. The smallest absolute Gasteiger partial charge is 0.323 e. The number of hydrogen-bond acceptors (Lipinski definition) is 3. The molecule has 0 aromatic rings. The molecule has 0 N–H and O–H groups in total. The van der Waals surface area contributed by atoms with Gasteiger partial charge in [-0.15, -0.1) is 0 Å². The van der Waals surface area contributed by atoms with Gasteiger partial charge in [0, 0.05) is 0 Å². The Hall–Kier alpha value is -0.570. The van der Waals surface area contributed by atoms with Crippen molar-refractivity contribution in [2.75, 3.05) is 20.2 Å². The van der Waals surface area contributed by atoms with Crippen molar-refractivity contribution in [3.8, 4) is 0 Å². The quantitative estimate of drug-likeness (QED) is 0.467. The van der Waals surface area contributed by atoms with Crippen LogP contribution in [0.15, 0.2) is 0 Å². The Labute approximate surface area is 112 Å². The number of likely N-dealkylation sites (tertiary alicyclic amines) is 1. The van der Waals surface area contributed by atoms with E-state index in [1.165, 1.54) is 52.1 Å². The number of carbonyl (C=O) groups excluding carboxylic acids is 1. The van der Waals surface area contributed by atoms with Gasteiger partial charge in [-0.3, -0.25) is 9.69 Å². The van der Waals surface area contributed by atoms with Crippen molar-refractivity contribution in [2.24, 2.45) is 0 Å². The third-order valence-electron chi connectivity index (χ3n) is 3.89. The summed E-state index contributed by atoms with van der Waals surface area (Å²) in [6, 6.07) is 0.0371. The maximum absolute atomic E-state index is 11.6. The molecule has 1 aliphatic rings. The summed E-state index contributed by atoms with van der Waals surface area (Å²) >= 11 is 0. The molecule has 0 radical (unpaired) electrons. The number of ether oxygens (including phenoxy) is 1. The topological polar surface area (TPSA) is 29.5 Å². The molecular formula is C15H29NO2. The Balaban J connectivity index is 2.05. The molecule has 0 aliphatic carbocycles. The average molecular weight is 255 g/mol. The van der Waals surface area contributed by atoms with Crippen molar-refractivity contribution in [1.82, 2.24) is 4.90 Å². The van der Waals surface area contributed by atoms with Crippen LogP contribution in [0.2, 0.25) is 0 Å². The monoisotopic (exact) mass is 255 g/mol. The van der Waals surface area contributed by atoms with Crippen LogP contribution < -0.4 is 0 Å². The number of esters is 1. The molecule has 1 saturated heterocycles. The standard InChI is InChI=1S/C15H29NO2/c1-3-4-5-6-7-8-9-12-16-13-10-11-14(16)15(17)18-2/h14H,3-13H2,1-2H3. The highest BCUT2D eigenvalue weighted by molar-refractivity contribution is 5.75. The molecule has 106 valence electrons. The van der Waals surface area contributed by atoms with Crippen LogP contribution in [-0.4, -0.2) is 37.1 Å². The highest BCUT2D eigenvalue weighted by atomic mass is 16.5. The van der Waals surface area contributed by atoms with Crippen molar-refractivity contribution < 1.29 is 9.53 Å². The number of hydrogen-bond donors (Lipinski definition) is 0. The molecule has 1 aliphatic heterocycles. The molecule has 3 nitrogen and oxygen atoms in total. The Bertz CT molecular complexity index is 231. The van der Waals surface area contributed by atoms with Gasteiger partial charge in [-0.2, -0.15) is 0 Å². The maximum Gasteiger partial charge on any atom is 0.323 e. The third kappa shape index (κ3) is 5.38. The summed E-state index contributed by atoms with van der Waals surface area (Å²) in [5, 5.41) is 0. The molecule has 1 atom stereocenters. The van der Waals surface area contributed by atoms with Crippen LogP contribution in [0.1, 0.15) is 64.7 Å². The molecule has 0 saturated carbocycles. The second kappa shape index (κ2) is 9.37. The molecule has 3 heteroatoms. The van der Waals surface area contributed by atoms with Gasteiger partial charge in [0.1, 0.15) is 6.04 Å². The Morgan fingerprint density at radius 3 is 2.50 bits per heavy atom. The van der Waals surface area contributed by atoms with Crippen molar-refractivity contribution in [3.05, 3.63) is 0 Å². The van der Waals surface area contributed by atoms with Crippen LogP contribution in [0, 0.1) is 0 Å². The number of unbranched alkanes of at least 4 members (excludes halogenated alkanes) is 6. The minimum atomic E-state index is -0.0459. The summed E-state index contributed by atoms with van der Waals surface area (Å²) in [4.78, 5) is 13.9. The third-order valence-corrected chi connectivity index (χ3v) is 3.89. The largest absolute Gasteiger partial charge is 0.468 e. The predicted octanol–water partition coefficient (Wildman–Crippen LogP) is 3.37. The van der Waals surface area contributed by atoms with E-state index in [9.17, 15) is 4.79 Å². The summed E-state index contributed by atoms with van der Waals surface area (Å²) in [6.45, 7) is 4.38. The van der Waals surface area contributed by atoms with Crippen molar-refractivity contribution in [1.29, 1.82) is 0 Å². The first kappa shape index (κ1) is 15.5. The van der Waals surface area contributed by atoms with E-state index in [4.69, 9.17) is 4.74 Å². The molecular weight excluding hydrogens is 226 g/mol. The predicted molar refractivity (Wildman–Crippen MR) is 74.6 cm³/mol. The zero-order chi connectivity index (χ0) is 13.2. The molecule has 1 fully saturated rings. The second-order valence-corrected chi connectivity index (χ2v) is 5.34. The molecule has 0 amide bonds. The lowest BCUT2D eigenvalue weighted by Gasteiger charge is -2.22. The van der Waals surface area contributed by atoms with Crippen LogP contribution in [0.4, 0.5) is 0 Å². The highest BCUT2D eigenvalue weighted by Crippen LogP contribution is 2.19. The average Bonchev–Trinajstić information content (AvgIpc) is 2.85. The van der Waals surface area contributed by atoms with Gasteiger partial charge in [-0.25, -0.2) is 0 Å². The molecule has 0 spiro atoms. The number of nitrogens with zero attached hydrogens (tertiary/aromatic N) is 1. The Morgan fingerprint density at radius 2 is 1.83 bits per heavy atom. The zero-order valence-electron chi connectivity index (χ0n) is 12.1. The van der Waals surface area contributed by atoms with Crippen molar-refractivity contribution in [2.45, 2.75) is 70.8 Å². The lowest BCUT2D eigenvalue weighted by atomic mass is 10.1. The molecule has 0 aromatic carbocycles. The molecule has 0 aromatic heterocycles. The Kier molecular flexibility index (Phi) is 8.06. The van der Waals surface area contributed by atoms with Gasteiger partial charge in [-0.1, -0.05) is 45.4 Å². The lowest BCUT2D eigenvalue weighted by Crippen LogP contribution is -2.37. The fourth-order valence-corrected chi connectivity index (χ4v) is 2.77.